The fraction of sp³-hybridized carbons (Fsp3) is 0.522. The number of carbonyl (C=O) groups is 2. The van der Waals surface area contributed by atoms with Crippen LogP contribution in [0.1, 0.15) is 56.6 Å². The van der Waals surface area contributed by atoms with Crippen molar-refractivity contribution in [1.82, 2.24) is 10.2 Å². The first kappa shape index (κ1) is 20.4. The fourth-order valence-electron chi connectivity index (χ4n) is 4.31. The van der Waals surface area contributed by atoms with Gasteiger partial charge in [0.1, 0.15) is 11.3 Å². The van der Waals surface area contributed by atoms with Crippen LogP contribution in [0.2, 0.25) is 0 Å². The molecule has 1 aromatic carbocycles. The lowest BCUT2D eigenvalue weighted by Crippen LogP contribution is -2.47. The molecule has 1 N–H and O–H groups in total. The second kappa shape index (κ2) is 7.45. The van der Waals surface area contributed by atoms with Crippen molar-refractivity contribution in [3.8, 4) is 11.3 Å². The summed E-state index contributed by atoms with van der Waals surface area (Å²) in [6.07, 6.45) is 2.53. The van der Waals surface area contributed by atoms with Crippen LogP contribution in [-0.4, -0.2) is 41.0 Å². The second-order valence-corrected chi connectivity index (χ2v) is 9.30. The highest BCUT2D eigenvalue weighted by Crippen LogP contribution is 2.49. The fourth-order valence-corrected chi connectivity index (χ4v) is 4.31. The molecule has 0 saturated heterocycles. The molecule has 0 spiro atoms. The molecule has 3 atom stereocenters. The van der Waals surface area contributed by atoms with Gasteiger partial charge in [0.15, 0.2) is 0 Å². The quantitative estimate of drug-likeness (QED) is 0.748. The normalized spacial score (nSPS) is 23.0. The number of H-pyrrole nitrogens is 1. The lowest BCUT2D eigenvalue weighted by molar-refractivity contribution is 0.0553. The predicted octanol–water partition coefficient (Wildman–Crippen LogP) is 4.58. The summed E-state index contributed by atoms with van der Waals surface area (Å²) in [5, 5.41) is 7.66. The first-order valence-corrected chi connectivity index (χ1v) is 10.5. The number of rotatable bonds is 3. The van der Waals surface area contributed by atoms with Gasteiger partial charge in [-0.2, -0.15) is 5.10 Å². The minimum absolute atomic E-state index is 0.105. The van der Waals surface area contributed by atoms with Gasteiger partial charge in [0.05, 0.1) is 24.1 Å². The van der Waals surface area contributed by atoms with E-state index < -0.39 is 5.60 Å². The highest BCUT2D eigenvalue weighted by atomic mass is 16.6. The minimum Gasteiger partial charge on any atom is -0.465 e. The molecule has 30 heavy (non-hydrogen) atoms. The summed E-state index contributed by atoms with van der Waals surface area (Å²) in [5.41, 5.74) is 3.16. The van der Waals surface area contributed by atoms with Crippen LogP contribution < -0.4 is 4.90 Å². The van der Waals surface area contributed by atoms with Crippen LogP contribution >= 0.6 is 0 Å². The van der Waals surface area contributed by atoms with Crippen molar-refractivity contribution in [3.63, 3.8) is 0 Å². The van der Waals surface area contributed by atoms with Gasteiger partial charge in [0, 0.05) is 11.6 Å². The van der Waals surface area contributed by atoms with Crippen LogP contribution in [0.5, 0.6) is 0 Å². The number of amides is 1. The summed E-state index contributed by atoms with van der Waals surface area (Å²) in [5.74, 6) is 0.704. The molecule has 2 aliphatic rings. The number of fused-ring (bicyclic) bond motifs is 1. The zero-order chi connectivity index (χ0) is 21.6. The van der Waals surface area contributed by atoms with E-state index in [4.69, 9.17) is 9.47 Å². The number of aromatic nitrogens is 2. The molecule has 1 amide bonds. The Labute approximate surface area is 176 Å². The molecule has 7 heteroatoms. The lowest BCUT2D eigenvalue weighted by Gasteiger charge is -2.37. The number of anilines is 1. The van der Waals surface area contributed by atoms with E-state index in [9.17, 15) is 9.59 Å². The maximum Gasteiger partial charge on any atom is 0.415 e. The van der Waals surface area contributed by atoms with E-state index in [1.807, 2.05) is 37.8 Å². The number of aryl methyl sites for hydroxylation is 1. The molecule has 160 valence electrons. The van der Waals surface area contributed by atoms with Crippen LogP contribution in [0.25, 0.3) is 11.3 Å². The molecule has 2 heterocycles. The average molecular weight is 412 g/mol. The van der Waals surface area contributed by atoms with Crippen LogP contribution in [-0.2, 0) is 15.9 Å². The number of esters is 1. The molecule has 1 aliphatic heterocycles. The number of aromatic amines is 1. The number of methoxy groups -OCH3 is 1. The Morgan fingerprint density at radius 1 is 1.20 bits per heavy atom. The highest BCUT2D eigenvalue weighted by molar-refractivity contribution is 5.96. The molecular weight excluding hydrogens is 382 g/mol. The van der Waals surface area contributed by atoms with Gasteiger partial charge in [0.25, 0.3) is 0 Å². The molecule has 1 saturated carbocycles. The largest absolute Gasteiger partial charge is 0.465 e. The third-order valence-electron chi connectivity index (χ3n) is 5.91. The van der Waals surface area contributed by atoms with Gasteiger partial charge in [-0.3, -0.25) is 10.00 Å². The topological polar surface area (TPSA) is 84.5 Å². The molecule has 2 aromatic rings. The zero-order valence-electron chi connectivity index (χ0n) is 18.2. The summed E-state index contributed by atoms with van der Waals surface area (Å²) in [6.45, 7) is 7.88. The molecule has 7 nitrogen and oxygen atoms in total. The molecule has 0 radical (unpaired) electrons. The number of nitrogens with zero attached hydrogens (tertiary/aromatic N) is 2. The average Bonchev–Trinajstić information content (AvgIpc) is 3.27. The van der Waals surface area contributed by atoms with Crippen molar-refractivity contribution in [2.45, 2.75) is 58.6 Å². The number of benzene rings is 1. The number of nitrogens with one attached hydrogen (secondary N) is 1. The lowest BCUT2D eigenvalue weighted by atomic mass is 9.94. The van der Waals surface area contributed by atoms with E-state index >= 15 is 0 Å². The summed E-state index contributed by atoms with van der Waals surface area (Å²) < 4.78 is 10.6. The maximum absolute atomic E-state index is 13.3. The Balaban J connectivity index is 1.74. The van der Waals surface area contributed by atoms with E-state index in [0.29, 0.717) is 23.1 Å². The predicted molar refractivity (Wildman–Crippen MR) is 113 cm³/mol. The van der Waals surface area contributed by atoms with Gasteiger partial charge >= 0.3 is 12.1 Å². The molecule has 4 rings (SSSR count). The summed E-state index contributed by atoms with van der Waals surface area (Å²) in [4.78, 5) is 26.9. The molecular formula is C23H29N3O4. The van der Waals surface area contributed by atoms with Crippen molar-refractivity contribution in [1.29, 1.82) is 0 Å². The minimum atomic E-state index is -0.583. The third kappa shape index (κ3) is 3.80. The molecule has 0 bridgehead atoms. The summed E-state index contributed by atoms with van der Waals surface area (Å²) in [7, 11) is 1.36. The van der Waals surface area contributed by atoms with Crippen molar-refractivity contribution in [2.24, 2.45) is 11.8 Å². The van der Waals surface area contributed by atoms with Crippen LogP contribution in [0.15, 0.2) is 24.3 Å². The van der Waals surface area contributed by atoms with E-state index in [1.54, 1.807) is 12.1 Å². The van der Waals surface area contributed by atoms with Crippen LogP contribution in [0.4, 0.5) is 10.5 Å². The standard InChI is InChI=1S/C23H29N3O4/c1-13-12-16(13)18-11-10-17-20(26(18)22(28)30-23(2,3)4)19(25-24-17)14-6-8-15(9-7-14)21(27)29-5/h6-9,13,16,18H,10-12H2,1-5H3,(H,24,25)/t13?,16-,18?/m1/s1. The molecule has 1 fully saturated rings. The van der Waals surface area contributed by atoms with Crippen LogP contribution in [0, 0.1) is 11.8 Å². The van der Waals surface area contributed by atoms with Gasteiger partial charge in [0.2, 0.25) is 0 Å². The maximum atomic E-state index is 13.3. The summed E-state index contributed by atoms with van der Waals surface area (Å²) in [6, 6.07) is 7.19. The highest BCUT2D eigenvalue weighted by Gasteiger charge is 2.48. The van der Waals surface area contributed by atoms with E-state index in [1.165, 1.54) is 7.11 Å². The van der Waals surface area contributed by atoms with Gasteiger partial charge in [-0.1, -0.05) is 19.1 Å². The Morgan fingerprint density at radius 2 is 1.87 bits per heavy atom. The number of hydrogen-bond acceptors (Lipinski definition) is 5. The Kier molecular flexibility index (Phi) is 5.08. The summed E-state index contributed by atoms with van der Waals surface area (Å²) >= 11 is 0. The molecule has 1 aliphatic carbocycles. The van der Waals surface area contributed by atoms with Crippen molar-refractivity contribution < 1.29 is 19.1 Å². The SMILES string of the molecule is COC(=O)c1ccc(-c2n[nH]c3c2N(C(=O)OC(C)(C)C)C([C@@H]2CC2C)CC3)cc1. The van der Waals surface area contributed by atoms with E-state index in [0.717, 1.165) is 36.2 Å². The Hall–Kier alpha value is -2.83. The number of hydrogen-bond donors (Lipinski definition) is 1. The van der Waals surface area contributed by atoms with Crippen LogP contribution in [0.3, 0.4) is 0 Å². The Morgan fingerprint density at radius 3 is 2.43 bits per heavy atom. The van der Waals surface area contributed by atoms with E-state index in [2.05, 4.69) is 17.1 Å². The number of carbonyl (C=O) groups excluding carboxylic acids is 2. The van der Waals surface area contributed by atoms with Gasteiger partial charge in [-0.25, -0.2) is 9.59 Å². The van der Waals surface area contributed by atoms with Crippen molar-refractivity contribution in [2.75, 3.05) is 12.0 Å². The number of ether oxygens (including phenoxy) is 2. The van der Waals surface area contributed by atoms with Gasteiger partial charge in [-0.15, -0.1) is 0 Å². The van der Waals surface area contributed by atoms with Crippen molar-refractivity contribution in [3.05, 3.63) is 35.5 Å². The second-order valence-electron chi connectivity index (χ2n) is 9.30. The van der Waals surface area contributed by atoms with Gasteiger partial charge in [-0.05, 0) is 64.0 Å². The Bertz CT molecular complexity index is 958. The third-order valence-corrected chi connectivity index (χ3v) is 5.91. The molecule has 2 unspecified atom stereocenters. The van der Waals surface area contributed by atoms with Gasteiger partial charge < -0.3 is 9.47 Å². The monoisotopic (exact) mass is 411 g/mol. The van der Waals surface area contributed by atoms with E-state index in [-0.39, 0.29) is 18.1 Å². The molecule has 1 aromatic heterocycles. The smallest absolute Gasteiger partial charge is 0.415 e. The zero-order valence-corrected chi connectivity index (χ0v) is 18.2. The van der Waals surface area contributed by atoms with Crippen molar-refractivity contribution >= 4 is 17.7 Å². The first-order valence-electron chi connectivity index (χ1n) is 10.5. The first-order chi connectivity index (χ1) is 14.2.